The lowest BCUT2D eigenvalue weighted by molar-refractivity contribution is 0.0211. The van der Waals surface area contributed by atoms with Crippen LogP contribution < -0.4 is 20.1 Å². The van der Waals surface area contributed by atoms with E-state index in [2.05, 4.69) is 48.4 Å². The van der Waals surface area contributed by atoms with Crippen molar-refractivity contribution in [3.8, 4) is 11.5 Å². The first kappa shape index (κ1) is 25.0. The van der Waals surface area contributed by atoms with Crippen molar-refractivity contribution in [1.82, 2.24) is 15.5 Å². The average Bonchev–Trinajstić information content (AvgIpc) is 3.09. The molecule has 8 heteroatoms. The second-order valence-corrected chi connectivity index (χ2v) is 7.71. The molecule has 2 heterocycles. The number of hydrogen-bond acceptors (Lipinski definition) is 5. The summed E-state index contributed by atoms with van der Waals surface area (Å²) >= 11 is 0. The summed E-state index contributed by atoms with van der Waals surface area (Å²) in [5, 5.41) is 6.83. The maximum Gasteiger partial charge on any atom is 0.191 e. The zero-order valence-electron chi connectivity index (χ0n) is 18.7. The lowest BCUT2D eigenvalue weighted by Crippen LogP contribution is -2.49. The van der Waals surface area contributed by atoms with Crippen LogP contribution in [0.1, 0.15) is 38.8 Å². The van der Waals surface area contributed by atoms with Gasteiger partial charge in [-0.05, 0) is 39.8 Å². The smallest absolute Gasteiger partial charge is 0.191 e. The summed E-state index contributed by atoms with van der Waals surface area (Å²) in [5.41, 5.74) is 2.27. The van der Waals surface area contributed by atoms with Gasteiger partial charge in [-0.25, -0.2) is 4.99 Å². The molecule has 1 saturated heterocycles. The van der Waals surface area contributed by atoms with Crippen molar-refractivity contribution in [2.24, 2.45) is 4.99 Å². The summed E-state index contributed by atoms with van der Waals surface area (Å²) in [6.07, 6.45) is 1.15. The summed E-state index contributed by atoms with van der Waals surface area (Å²) in [6.45, 7) is 14.9. The van der Waals surface area contributed by atoms with E-state index >= 15 is 0 Å². The number of halogens is 1. The maximum absolute atomic E-state index is 5.93. The molecule has 3 rings (SSSR count). The van der Waals surface area contributed by atoms with Crippen molar-refractivity contribution in [1.29, 1.82) is 0 Å². The van der Waals surface area contributed by atoms with Gasteiger partial charge in [0.1, 0.15) is 17.6 Å². The largest absolute Gasteiger partial charge is 0.494 e. The number of benzene rings is 1. The standard InChI is InChI=1S/C22H36N4O3.HI/c1-5-23-22(24-14-16(3)26-7-9-27-10-8-26)25-15-19-13-21-18(11-17(4)29-21)12-20(19)28-6-2;/h12-13,16-17H,5-11,14-15H2,1-4H3,(H2,23,24,25);1H. The predicted molar refractivity (Wildman–Crippen MR) is 131 cm³/mol. The number of hydrogen-bond donors (Lipinski definition) is 2. The van der Waals surface area contributed by atoms with E-state index in [4.69, 9.17) is 19.2 Å². The van der Waals surface area contributed by atoms with Crippen LogP contribution in [0.25, 0.3) is 0 Å². The van der Waals surface area contributed by atoms with Crippen molar-refractivity contribution in [3.05, 3.63) is 23.3 Å². The molecule has 2 N–H and O–H groups in total. The number of aliphatic imine (C=N–C) groups is 1. The zero-order valence-corrected chi connectivity index (χ0v) is 21.0. The van der Waals surface area contributed by atoms with Crippen molar-refractivity contribution < 1.29 is 14.2 Å². The fourth-order valence-corrected chi connectivity index (χ4v) is 3.79. The van der Waals surface area contributed by atoms with Crippen LogP contribution in [-0.4, -0.2) is 69.0 Å². The molecule has 0 aliphatic carbocycles. The van der Waals surface area contributed by atoms with Crippen LogP contribution in [0.5, 0.6) is 11.5 Å². The number of morpholine rings is 1. The minimum atomic E-state index is 0. The number of nitrogens with one attached hydrogen (secondary N) is 2. The number of guanidine groups is 1. The highest BCUT2D eigenvalue weighted by atomic mass is 127. The van der Waals surface area contributed by atoms with E-state index < -0.39 is 0 Å². The first-order chi connectivity index (χ1) is 14.1. The van der Waals surface area contributed by atoms with Gasteiger partial charge in [-0.15, -0.1) is 24.0 Å². The molecule has 0 radical (unpaired) electrons. The van der Waals surface area contributed by atoms with Gasteiger partial charge in [-0.2, -0.15) is 0 Å². The third kappa shape index (κ3) is 6.88. The molecule has 2 aliphatic heterocycles. The van der Waals surface area contributed by atoms with E-state index in [0.717, 1.165) is 68.8 Å². The van der Waals surface area contributed by atoms with Gasteiger partial charge < -0.3 is 24.8 Å². The van der Waals surface area contributed by atoms with Crippen LogP contribution >= 0.6 is 24.0 Å². The molecule has 170 valence electrons. The molecule has 0 amide bonds. The van der Waals surface area contributed by atoms with Gasteiger partial charge >= 0.3 is 0 Å². The molecule has 0 bridgehead atoms. The molecule has 7 nitrogen and oxygen atoms in total. The highest BCUT2D eigenvalue weighted by Gasteiger charge is 2.22. The van der Waals surface area contributed by atoms with E-state index in [1.165, 1.54) is 5.56 Å². The Morgan fingerprint density at radius 2 is 2.03 bits per heavy atom. The lowest BCUT2D eigenvalue weighted by Gasteiger charge is -2.32. The first-order valence-electron chi connectivity index (χ1n) is 10.9. The predicted octanol–water partition coefficient (Wildman–Crippen LogP) is 2.80. The zero-order chi connectivity index (χ0) is 20.6. The Labute approximate surface area is 197 Å². The minimum Gasteiger partial charge on any atom is -0.494 e. The normalized spacial score (nSPS) is 20.0. The number of nitrogens with zero attached hydrogens (tertiary/aromatic N) is 2. The lowest BCUT2D eigenvalue weighted by atomic mass is 10.1. The summed E-state index contributed by atoms with van der Waals surface area (Å²) in [6, 6.07) is 4.64. The maximum atomic E-state index is 5.93. The summed E-state index contributed by atoms with van der Waals surface area (Å²) in [5.74, 6) is 2.69. The van der Waals surface area contributed by atoms with Crippen LogP contribution in [0.2, 0.25) is 0 Å². The van der Waals surface area contributed by atoms with Gasteiger partial charge in [-0.3, -0.25) is 4.90 Å². The minimum absolute atomic E-state index is 0. The molecular weight excluding hydrogens is 495 g/mol. The van der Waals surface area contributed by atoms with Crippen molar-refractivity contribution >= 4 is 29.9 Å². The summed E-state index contributed by atoms with van der Waals surface area (Å²) in [7, 11) is 0. The van der Waals surface area contributed by atoms with E-state index in [1.807, 2.05) is 6.92 Å². The van der Waals surface area contributed by atoms with Gasteiger partial charge in [0.15, 0.2) is 5.96 Å². The van der Waals surface area contributed by atoms with Crippen LogP contribution in [-0.2, 0) is 17.7 Å². The van der Waals surface area contributed by atoms with E-state index in [-0.39, 0.29) is 30.1 Å². The SMILES string of the molecule is CCNC(=NCc1cc2c(cc1OCC)CC(C)O2)NCC(C)N1CCOCC1.I. The Morgan fingerprint density at radius 1 is 1.27 bits per heavy atom. The summed E-state index contributed by atoms with van der Waals surface area (Å²) in [4.78, 5) is 7.25. The molecule has 1 aromatic rings. The Kier molecular flexibility index (Phi) is 10.5. The van der Waals surface area contributed by atoms with Crippen molar-refractivity contribution in [2.45, 2.75) is 52.8 Å². The third-order valence-electron chi connectivity index (χ3n) is 5.36. The van der Waals surface area contributed by atoms with E-state index in [1.54, 1.807) is 0 Å². The average molecular weight is 532 g/mol. The van der Waals surface area contributed by atoms with Gasteiger partial charge in [0.2, 0.25) is 0 Å². The molecule has 30 heavy (non-hydrogen) atoms. The third-order valence-corrected chi connectivity index (χ3v) is 5.36. The molecule has 0 aromatic heterocycles. The van der Waals surface area contributed by atoms with Gasteiger partial charge in [0.05, 0.1) is 26.4 Å². The molecule has 0 spiro atoms. The van der Waals surface area contributed by atoms with Crippen molar-refractivity contribution in [3.63, 3.8) is 0 Å². The monoisotopic (exact) mass is 532 g/mol. The molecular formula is C22H37IN4O3. The quantitative estimate of drug-likeness (QED) is 0.305. The van der Waals surface area contributed by atoms with Crippen LogP contribution in [0.15, 0.2) is 17.1 Å². The Morgan fingerprint density at radius 3 is 2.73 bits per heavy atom. The van der Waals surface area contributed by atoms with Crippen molar-refractivity contribution in [2.75, 3.05) is 46.0 Å². The van der Waals surface area contributed by atoms with E-state index in [9.17, 15) is 0 Å². The number of rotatable bonds is 8. The molecule has 1 fully saturated rings. The van der Waals surface area contributed by atoms with Crippen LogP contribution in [0.4, 0.5) is 0 Å². The highest BCUT2D eigenvalue weighted by molar-refractivity contribution is 14.0. The Bertz CT molecular complexity index is 695. The second-order valence-electron chi connectivity index (χ2n) is 7.71. The molecule has 2 atom stereocenters. The van der Waals surface area contributed by atoms with Gasteiger partial charge in [-0.1, -0.05) is 0 Å². The Balaban J connectivity index is 0.00000320. The van der Waals surface area contributed by atoms with Gasteiger partial charge in [0.25, 0.3) is 0 Å². The second kappa shape index (κ2) is 12.6. The Hall–Kier alpha value is -1.26. The highest BCUT2D eigenvalue weighted by Crippen LogP contribution is 2.35. The van der Waals surface area contributed by atoms with Crippen LogP contribution in [0.3, 0.4) is 0 Å². The molecule has 1 aromatic carbocycles. The van der Waals surface area contributed by atoms with E-state index in [0.29, 0.717) is 19.2 Å². The topological polar surface area (TPSA) is 67.4 Å². The fourth-order valence-electron chi connectivity index (χ4n) is 3.79. The van der Waals surface area contributed by atoms with Crippen LogP contribution in [0, 0.1) is 0 Å². The number of fused-ring (bicyclic) bond motifs is 1. The molecule has 2 aliphatic rings. The first-order valence-corrected chi connectivity index (χ1v) is 10.9. The molecule has 0 saturated carbocycles. The fraction of sp³-hybridized carbons (Fsp3) is 0.682. The molecule has 2 unspecified atom stereocenters. The number of ether oxygens (including phenoxy) is 3. The van der Waals surface area contributed by atoms with Gasteiger partial charge in [0, 0.05) is 49.8 Å². The summed E-state index contributed by atoms with van der Waals surface area (Å²) < 4.78 is 17.3.